The van der Waals surface area contributed by atoms with Crippen molar-refractivity contribution >= 4 is 17.1 Å². The van der Waals surface area contributed by atoms with Gasteiger partial charge < -0.3 is 10.1 Å². The van der Waals surface area contributed by atoms with Gasteiger partial charge in [0.1, 0.15) is 5.78 Å². The van der Waals surface area contributed by atoms with E-state index in [1.807, 2.05) is 0 Å². The standard InChI is InChI=1S/C11H17NOS/c1-9-5-7-14-11(9)8-12-6-3-4-10(2)13/h5,7,12H,3-4,6,8H2,1-2H3. The van der Waals surface area contributed by atoms with Crippen molar-refractivity contribution in [2.45, 2.75) is 33.2 Å². The van der Waals surface area contributed by atoms with Crippen molar-refractivity contribution in [3.63, 3.8) is 0 Å². The summed E-state index contributed by atoms with van der Waals surface area (Å²) < 4.78 is 0. The molecule has 1 aromatic heterocycles. The minimum Gasteiger partial charge on any atom is -0.312 e. The summed E-state index contributed by atoms with van der Waals surface area (Å²) in [5.41, 5.74) is 1.36. The normalized spacial score (nSPS) is 10.4. The van der Waals surface area contributed by atoms with Gasteiger partial charge in [0.15, 0.2) is 0 Å². The highest BCUT2D eigenvalue weighted by Crippen LogP contribution is 2.14. The predicted molar refractivity (Wildman–Crippen MR) is 60.7 cm³/mol. The van der Waals surface area contributed by atoms with Crippen LogP contribution in [0.1, 0.15) is 30.2 Å². The number of hydrogen-bond donors (Lipinski definition) is 1. The Balaban J connectivity index is 2.10. The zero-order valence-electron chi connectivity index (χ0n) is 8.80. The van der Waals surface area contributed by atoms with Gasteiger partial charge in [-0.3, -0.25) is 0 Å². The maximum atomic E-state index is 10.7. The lowest BCUT2D eigenvalue weighted by Crippen LogP contribution is -2.15. The molecule has 0 radical (unpaired) electrons. The molecular formula is C11H17NOS. The SMILES string of the molecule is CC(=O)CCCNCc1sccc1C. The minimum absolute atomic E-state index is 0.277. The first-order valence-corrected chi connectivity index (χ1v) is 5.81. The Morgan fingerprint density at radius 1 is 1.57 bits per heavy atom. The molecule has 0 amide bonds. The van der Waals surface area contributed by atoms with Crippen LogP contribution in [0.3, 0.4) is 0 Å². The summed E-state index contributed by atoms with van der Waals surface area (Å²) in [7, 11) is 0. The first-order valence-electron chi connectivity index (χ1n) is 4.93. The van der Waals surface area contributed by atoms with E-state index in [9.17, 15) is 4.79 Å². The lowest BCUT2D eigenvalue weighted by molar-refractivity contribution is -0.117. The van der Waals surface area contributed by atoms with Gasteiger partial charge in [-0.15, -0.1) is 11.3 Å². The third-order valence-corrected chi connectivity index (χ3v) is 3.16. The van der Waals surface area contributed by atoms with Gasteiger partial charge >= 0.3 is 0 Å². The van der Waals surface area contributed by atoms with Gasteiger partial charge in [-0.2, -0.15) is 0 Å². The zero-order valence-corrected chi connectivity index (χ0v) is 9.62. The summed E-state index contributed by atoms with van der Waals surface area (Å²) >= 11 is 1.78. The summed E-state index contributed by atoms with van der Waals surface area (Å²) in [5.74, 6) is 0.277. The molecular weight excluding hydrogens is 194 g/mol. The van der Waals surface area contributed by atoms with E-state index in [0.717, 1.165) is 19.5 Å². The number of carbonyl (C=O) groups excluding carboxylic acids is 1. The number of ketones is 1. The highest BCUT2D eigenvalue weighted by atomic mass is 32.1. The van der Waals surface area contributed by atoms with Crippen LogP contribution in [0.25, 0.3) is 0 Å². The number of thiophene rings is 1. The summed E-state index contributed by atoms with van der Waals surface area (Å²) in [6.07, 6.45) is 1.64. The van der Waals surface area contributed by atoms with Crippen LogP contribution in [0.4, 0.5) is 0 Å². The molecule has 1 rings (SSSR count). The van der Waals surface area contributed by atoms with Crippen LogP contribution in [0.2, 0.25) is 0 Å². The van der Waals surface area contributed by atoms with Gasteiger partial charge in [0.05, 0.1) is 0 Å². The van der Waals surface area contributed by atoms with Crippen LogP contribution in [0, 0.1) is 6.92 Å². The van der Waals surface area contributed by atoms with E-state index in [2.05, 4.69) is 23.7 Å². The number of hydrogen-bond acceptors (Lipinski definition) is 3. The van der Waals surface area contributed by atoms with Gasteiger partial charge in [0.25, 0.3) is 0 Å². The first-order chi connectivity index (χ1) is 6.70. The number of carbonyl (C=O) groups is 1. The molecule has 0 aromatic carbocycles. The number of aryl methyl sites for hydroxylation is 1. The fraction of sp³-hybridized carbons (Fsp3) is 0.545. The summed E-state index contributed by atoms with van der Waals surface area (Å²) in [6, 6.07) is 2.14. The number of rotatable bonds is 6. The second-order valence-corrected chi connectivity index (χ2v) is 4.51. The van der Waals surface area contributed by atoms with E-state index in [1.165, 1.54) is 10.4 Å². The van der Waals surface area contributed by atoms with Gasteiger partial charge in [-0.05, 0) is 43.8 Å². The molecule has 0 aliphatic heterocycles. The quantitative estimate of drug-likeness (QED) is 0.733. The Morgan fingerprint density at radius 3 is 2.93 bits per heavy atom. The van der Waals surface area contributed by atoms with Gasteiger partial charge in [0, 0.05) is 17.8 Å². The topological polar surface area (TPSA) is 29.1 Å². The molecule has 0 unspecified atom stereocenters. The Labute approximate surface area is 89.3 Å². The van der Waals surface area contributed by atoms with Crippen LogP contribution in [0.15, 0.2) is 11.4 Å². The van der Waals surface area contributed by atoms with Crippen LogP contribution in [0.5, 0.6) is 0 Å². The van der Waals surface area contributed by atoms with Gasteiger partial charge in [0.2, 0.25) is 0 Å². The highest BCUT2D eigenvalue weighted by molar-refractivity contribution is 7.10. The average molecular weight is 211 g/mol. The highest BCUT2D eigenvalue weighted by Gasteiger charge is 1.98. The molecule has 0 atom stereocenters. The van der Waals surface area contributed by atoms with Gasteiger partial charge in [-0.1, -0.05) is 0 Å². The maximum Gasteiger partial charge on any atom is 0.129 e. The molecule has 0 saturated carbocycles. The molecule has 2 nitrogen and oxygen atoms in total. The summed E-state index contributed by atoms with van der Waals surface area (Å²) in [5, 5.41) is 5.46. The predicted octanol–water partition coefficient (Wildman–Crippen LogP) is 2.52. The molecule has 1 N–H and O–H groups in total. The molecule has 0 spiro atoms. The third-order valence-electron chi connectivity index (χ3n) is 2.14. The lowest BCUT2D eigenvalue weighted by Gasteiger charge is -2.02. The summed E-state index contributed by atoms with van der Waals surface area (Å²) in [6.45, 7) is 5.63. The molecule has 0 aliphatic rings. The van der Waals surface area contributed by atoms with Crippen molar-refractivity contribution in [3.8, 4) is 0 Å². The Bertz CT molecular complexity index is 293. The summed E-state index contributed by atoms with van der Waals surface area (Å²) in [4.78, 5) is 12.1. The van der Waals surface area contributed by atoms with E-state index in [1.54, 1.807) is 18.3 Å². The Hall–Kier alpha value is -0.670. The monoisotopic (exact) mass is 211 g/mol. The number of Topliss-reactive ketones (excluding diaryl/α,β-unsaturated/α-hetero) is 1. The molecule has 0 fully saturated rings. The van der Waals surface area contributed by atoms with Crippen molar-refractivity contribution in [2.24, 2.45) is 0 Å². The maximum absolute atomic E-state index is 10.7. The third kappa shape index (κ3) is 4.03. The van der Waals surface area contributed by atoms with Crippen LogP contribution in [-0.2, 0) is 11.3 Å². The van der Waals surface area contributed by atoms with Crippen LogP contribution in [-0.4, -0.2) is 12.3 Å². The van der Waals surface area contributed by atoms with E-state index < -0.39 is 0 Å². The van der Waals surface area contributed by atoms with Gasteiger partial charge in [-0.25, -0.2) is 0 Å². The Kier molecular flexibility index (Phi) is 4.84. The molecule has 1 heterocycles. The number of nitrogens with one attached hydrogen (secondary N) is 1. The molecule has 1 aromatic rings. The second kappa shape index (κ2) is 5.94. The van der Waals surface area contributed by atoms with Crippen LogP contribution < -0.4 is 5.32 Å². The largest absolute Gasteiger partial charge is 0.312 e. The van der Waals surface area contributed by atoms with Crippen molar-refractivity contribution < 1.29 is 4.79 Å². The van der Waals surface area contributed by atoms with Crippen molar-refractivity contribution in [2.75, 3.05) is 6.54 Å². The average Bonchev–Trinajstić information content (AvgIpc) is 2.51. The fourth-order valence-electron chi connectivity index (χ4n) is 1.25. The first kappa shape index (κ1) is 11.4. The Morgan fingerprint density at radius 2 is 2.36 bits per heavy atom. The van der Waals surface area contributed by atoms with Crippen LogP contribution >= 0.6 is 11.3 Å². The van der Waals surface area contributed by atoms with Crippen molar-refractivity contribution in [1.29, 1.82) is 0 Å². The molecule has 0 bridgehead atoms. The second-order valence-electron chi connectivity index (χ2n) is 3.51. The molecule has 0 saturated heterocycles. The fourth-order valence-corrected chi connectivity index (χ4v) is 2.13. The van der Waals surface area contributed by atoms with E-state index in [0.29, 0.717) is 6.42 Å². The van der Waals surface area contributed by atoms with E-state index in [4.69, 9.17) is 0 Å². The van der Waals surface area contributed by atoms with Crippen molar-refractivity contribution in [1.82, 2.24) is 5.32 Å². The minimum atomic E-state index is 0.277. The molecule has 3 heteroatoms. The van der Waals surface area contributed by atoms with E-state index in [-0.39, 0.29) is 5.78 Å². The molecule has 78 valence electrons. The molecule has 0 aliphatic carbocycles. The lowest BCUT2D eigenvalue weighted by atomic mass is 10.2. The smallest absolute Gasteiger partial charge is 0.129 e. The zero-order chi connectivity index (χ0) is 10.4. The van der Waals surface area contributed by atoms with Crippen molar-refractivity contribution in [3.05, 3.63) is 21.9 Å². The molecule has 14 heavy (non-hydrogen) atoms. The van der Waals surface area contributed by atoms with E-state index >= 15 is 0 Å².